The first-order valence-corrected chi connectivity index (χ1v) is 4.74. The number of rotatable bonds is 0. The molecule has 0 aromatic rings. The monoisotopic (exact) mass is 153 g/mol. The molecule has 1 unspecified atom stereocenters. The maximum Gasteiger partial charge on any atom is 0.0101 e. The molecule has 0 saturated heterocycles. The van der Waals surface area contributed by atoms with E-state index in [1.807, 2.05) is 0 Å². The van der Waals surface area contributed by atoms with Gasteiger partial charge < -0.3 is 5.73 Å². The third kappa shape index (κ3) is 0.658. The van der Waals surface area contributed by atoms with Gasteiger partial charge in [-0.15, -0.1) is 0 Å². The number of hydrogen-bond acceptors (Lipinski definition) is 1. The molecule has 0 radical (unpaired) electrons. The van der Waals surface area contributed by atoms with Crippen molar-refractivity contribution >= 4 is 0 Å². The van der Waals surface area contributed by atoms with Crippen LogP contribution in [0.2, 0.25) is 0 Å². The van der Waals surface area contributed by atoms with Crippen LogP contribution in [0.4, 0.5) is 0 Å². The van der Waals surface area contributed by atoms with Crippen LogP contribution in [-0.2, 0) is 0 Å². The van der Waals surface area contributed by atoms with Crippen LogP contribution in [0.3, 0.4) is 0 Å². The molecule has 2 rings (SSSR count). The fourth-order valence-electron chi connectivity index (χ4n) is 3.27. The van der Waals surface area contributed by atoms with Crippen molar-refractivity contribution in [2.24, 2.45) is 22.5 Å². The van der Waals surface area contributed by atoms with Crippen LogP contribution in [0.25, 0.3) is 0 Å². The molecular weight excluding hydrogens is 134 g/mol. The fraction of sp³-hybridized carbons (Fsp3) is 1.00. The third-order valence-electron chi connectivity index (χ3n) is 4.86. The summed E-state index contributed by atoms with van der Waals surface area (Å²) >= 11 is 0. The topological polar surface area (TPSA) is 26.0 Å². The Labute approximate surface area is 69.4 Å². The normalized spacial score (nSPS) is 53.5. The number of hydrogen-bond donors (Lipinski definition) is 1. The van der Waals surface area contributed by atoms with E-state index >= 15 is 0 Å². The molecule has 2 bridgehead atoms. The largest absolute Gasteiger partial charge is 0.327 e. The Morgan fingerprint density at radius 1 is 1.27 bits per heavy atom. The van der Waals surface area contributed by atoms with Gasteiger partial charge in [-0.05, 0) is 36.0 Å². The van der Waals surface area contributed by atoms with Gasteiger partial charge in [0.2, 0.25) is 0 Å². The van der Waals surface area contributed by atoms with Gasteiger partial charge >= 0.3 is 0 Å². The first-order valence-electron chi connectivity index (χ1n) is 4.74. The van der Waals surface area contributed by atoms with Crippen molar-refractivity contribution in [1.29, 1.82) is 0 Å². The molecule has 0 spiro atoms. The lowest BCUT2D eigenvalue weighted by Crippen LogP contribution is -2.40. The summed E-state index contributed by atoms with van der Waals surface area (Å²) in [5, 5.41) is 0. The molecule has 1 heteroatoms. The lowest BCUT2D eigenvalue weighted by Gasteiger charge is -2.37. The first kappa shape index (κ1) is 7.60. The van der Waals surface area contributed by atoms with Crippen molar-refractivity contribution < 1.29 is 0 Å². The van der Waals surface area contributed by atoms with Gasteiger partial charge in [0.25, 0.3) is 0 Å². The Bertz CT molecular complexity index is 185. The lowest BCUT2D eigenvalue weighted by atomic mass is 9.69. The van der Waals surface area contributed by atoms with Crippen molar-refractivity contribution in [2.45, 2.75) is 46.1 Å². The van der Waals surface area contributed by atoms with Gasteiger partial charge in [-0.3, -0.25) is 0 Å². The fourth-order valence-corrected chi connectivity index (χ4v) is 3.27. The van der Waals surface area contributed by atoms with Crippen LogP contribution in [0.1, 0.15) is 40.0 Å². The highest BCUT2D eigenvalue weighted by Crippen LogP contribution is 2.64. The molecule has 0 aromatic carbocycles. The number of nitrogens with two attached hydrogens (primary N) is 1. The van der Waals surface area contributed by atoms with Gasteiger partial charge in [0.15, 0.2) is 0 Å². The van der Waals surface area contributed by atoms with Crippen molar-refractivity contribution in [3.05, 3.63) is 0 Å². The smallest absolute Gasteiger partial charge is 0.0101 e. The van der Waals surface area contributed by atoms with E-state index in [1.54, 1.807) is 0 Å². The molecule has 2 aliphatic rings. The van der Waals surface area contributed by atoms with Crippen LogP contribution in [0, 0.1) is 16.7 Å². The highest BCUT2D eigenvalue weighted by Gasteiger charge is 2.59. The van der Waals surface area contributed by atoms with Gasteiger partial charge in [-0.25, -0.2) is 0 Å². The van der Waals surface area contributed by atoms with Crippen LogP contribution in [-0.4, -0.2) is 6.04 Å². The van der Waals surface area contributed by atoms with Crippen molar-refractivity contribution in [1.82, 2.24) is 0 Å². The minimum Gasteiger partial charge on any atom is -0.327 e. The summed E-state index contributed by atoms with van der Waals surface area (Å²) in [6, 6.07) is 0.469. The summed E-state index contributed by atoms with van der Waals surface area (Å²) in [5.41, 5.74) is 7.08. The summed E-state index contributed by atoms with van der Waals surface area (Å²) in [5.74, 6) is 0.905. The van der Waals surface area contributed by atoms with Gasteiger partial charge in [-0.2, -0.15) is 0 Å². The average Bonchev–Trinajstić information content (AvgIpc) is 2.20. The first-order chi connectivity index (χ1) is 4.98. The molecule has 3 atom stereocenters. The van der Waals surface area contributed by atoms with Crippen LogP contribution in [0.15, 0.2) is 0 Å². The maximum absolute atomic E-state index is 6.13. The van der Waals surface area contributed by atoms with E-state index in [0.717, 1.165) is 5.92 Å². The number of fused-ring (bicyclic) bond motifs is 2. The van der Waals surface area contributed by atoms with Crippen LogP contribution >= 0.6 is 0 Å². The molecule has 0 aromatic heterocycles. The van der Waals surface area contributed by atoms with Crippen molar-refractivity contribution in [3.63, 3.8) is 0 Å². The summed E-state index contributed by atoms with van der Waals surface area (Å²) < 4.78 is 0. The second kappa shape index (κ2) is 1.82. The predicted octanol–water partition coefficient (Wildman–Crippen LogP) is 2.16. The minimum absolute atomic E-state index is 0.442. The van der Waals surface area contributed by atoms with Gasteiger partial charge in [0.05, 0.1) is 0 Å². The standard InChI is InChI=1S/C10H19N/c1-9(2)7-4-5-10(9,3)8(11)6-7/h7-8H,4-6,11H2,1-3H3/t7-,8?,10-/m1/s1. The Balaban J connectivity index is 2.40. The maximum atomic E-state index is 6.13. The lowest BCUT2D eigenvalue weighted by molar-refractivity contribution is 0.136. The third-order valence-corrected chi connectivity index (χ3v) is 4.86. The average molecular weight is 153 g/mol. The molecule has 64 valence electrons. The summed E-state index contributed by atoms with van der Waals surface area (Å²) in [6.45, 7) is 7.18. The minimum atomic E-state index is 0.442. The molecule has 2 saturated carbocycles. The van der Waals surface area contributed by atoms with E-state index < -0.39 is 0 Å². The van der Waals surface area contributed by atoms with Crippen molar-refractivity contribution in [2.75, 3.05) is 0 Å². The SMILES string of the molecule is CC1(C)[C@@H]2CC[C@]1(C)C(N)C2. The molecule has 0 amide bonds. The van der Waals surface area contributed by atoms with Crippen LogP contribution in [0.5, 0.6) is 0 Å². The second-order valence-electron chi connectivity index (χ2n) is 5.22. The quantitative estimate of drug-likeness (QED) is 0.567. The van der Waals surface area contributed by atoms with Gasteiger partial charge in [0, 0.05) is 6.04 Å². The predicted molar refractivity (Wildman–Crippen MR) is 47.2 cm³/mol. The summed E-state index contributed by atoms with van der Waals surface area (Å²) in [4.78, 5) is 0. The van der Waals surface area contributed by atoms with E-state index in [0.29, 0.717) is 16.9 Å². The van der Waals surface area contributed by atoms with E-state index in [-0.39, 0.29) is 0 Å². The van der Waals surface area contributed by atoms with E-state index in [2.05, 4.69) is 20.8 Å². The molecule has 2 fully saturated rings. The zero-order valence-corrected chi connectivity index (χ0v) is 7.85. The molecule has 0 aliphatic heterocycles. The van der Waals surface area contributed by atoms with E-state index in [1.165, 1.54) is 19.3 Å². The van der Waals surface area contributed by atoms with Gasteiger partial charge in [-0.1, -0.05) is 20.8 Å². The molecule has 2 aliphatic carbocycles. The van der Waals surface area contributed by atoms with E-state index in [4.69, 9.17) is 5.73 Å². The van der Waals surface area contributed by atoms with Gasteiger partial charge in [0.1, 0.15) is 0 Å². The Kier molecular flexibility index (Phi) is 1.26. The highest BCUT2D eigenvalue weighted by molar-refractivity contribution is 5.11. The highest BCUT2D eigenvalue weighted by atomic mass is 14.8. The van der Waals surface area contributed by atoms with Crippen LogP contribution < -0.4 is 5.73 Å². The Morgan fingerprint density at radius 2 is 1.91 bits per heavy atom. The summed E-state index contributed by atoms with van der Waals surface area (Å²) in [7, 11) is 0. The second-order valence-corrected chi connectivity index (χ2v) is 5.22. The Hall–Kier alpha value is -0.0400. The zero-order valence-electron chi connectivity index (χ0n) is 7.85. The molecule has 1 nitrogen and oxygen atoms in total. The Morgan fingerprint density at radius 3 is 2.09 bits per heavy atom. The van der Waals surface area contributed by atoms with Crippen molar-refractivity contribution in [3.8, 4) is 0 Å². The molecule has 11 heavy (non-hydrogen) atoms. The summed E-state index contributed by atoms with van der Waals surface area (Å²) in [6.07, 6.45) is 4.03. The molecule has 2 N–H and O–H groups in total. The molecule has 0 heterocycles. The molecular formula is C10H19N. The zero-order chi connectivity index (χ0) is 8.28. The van der Waals surface area contributed by atoms with E-state index in [9.17, 15) is 0 Å².